The minimum Gasteiger partial charge on any atom is -0.447 e. The highest BCUT2D eigenvalue weighted by Crippen LogP contribution is 2.22. The molecule has 0 fully saturated rings. The van der Waals surface area contributed by atoms with Crippen LogP contribution < -0.4 is 15.0 Å². The molecule has 31 heavy (non-hydrogen) atoms. The van der Waals surface area contributed by atoms with E-state index in [9.17, 15) is 9.59 Å². The van der Waals surface area contributed by atoms with E-state index in [1.165, 1.54) is 32.3 Å². The third kappa shape index (κ3) is 7.89. The molecule has 0 saturated carbocycles. The molecule has 2 amide bonds. The summed E-state index contributed by atoms with van der Waals surface area (Å²) in [5, 5.41) is 2.57. The van der Waals surface area contributed by atoms with E-state index in [2.05, 4.69) is 5.32 Å². The maximum absolute atomic E-state index is 13.0. The standard InChI is InChI=1S/C22H28N2O7/c1-16-7-5-9-18(13-16)24(15-20(28-3)29-4)22(26)31-19-10-6-8-17(14-19)23-21(25)30-12-11-27-2/h5-10,13-14,20H,11-12,15H2,1-4H3,(H,23,25). The number of nitrogens with zero attached hydrogens (tertiary/aromatic N) is 1. The molecule has 0 aliphatic heterocycles. The Bertz CT molecular complexity index is 855. The van der Waals surface area contributed by atoms with Crippen molar-refractivity contribution in [1.82, 2.24) is 0 Å². The molecule has 0 aromatic heterocycles. The number of nitrogens with one attached hydrogen (secondary N) is 1. The van der Waals surface area contributed by atoms with Gasteiger partial charge in [-0.15, -0.1) is 0 Å². The van der Waals surface area contributed by atoms with E-state index in [1.807, 2.05) is 25.1 Å². The first-order valence-corrected chi connectivity index (χ1v) is 9.61. The van der Waals surface area contributed by atoms with Crippen LogP contribution in [0.2, 0.25) is 0 Å². The van der Waals surface area contributed by atoms with E-state index in [0.717, 1.165) is 5.56 Å². The molecule has 0 aliphatic carbocycles. The van der Waals surface area contributed by atoms with Gasteiger partial charge in [0.05, 0.1) is 13.2 Å². The van der Waals surface area contributed by atoms with E-state index in [1.54, 1.807) is 24.3 Å². The fourth-order valence-electron chi connectivity index (χ4n) is 2.64. The van der Waals surface area contributed by atoms with Gasteiger partial charge in [0.25, 0.3) is 0 Å². The highest BCUT2D eigenvalue weighted by Gasteiger charge is 2.23. The normalized spacial score (nSPS) is 10.6. The van der Waals surface area contributed by atoms with Crippen molar-refractivity contribution in [1.29, 1.82) is 0 Å². The monoisotopic (exact) mass is 432 g/mol. The number of hydrogen-bond acceptors (Lipinski definition) is 7. The van der Waals surface area contributed by atoms with Crippen molar-refractivity contribution in [2.45, 2.75) is 13.2 Å². The zero-order valence-corrected chi connectivity index (χ0v) is 18.1. The van der Waals surface area contributed by atoms with E-state index in [0.29, 0.717) is 18.0 Å². The Morgan fingerprint density at radius 3 is 2.42 bits per heavy atom. The second kappa shape index (κ2) is 12.5. The maximum atomic E-state index is 13.0. The van der Waals surface area contributed by atoms with E-state index in [4.69, 9.17) is 23.7 Å². The molecule has 168 valence electrons. The SMILES string of the molecule is COCCOC(=O)Nc1cccc(OC(=O)N(CC(OC)OC)c2cccc(C)c2)c1. The third-order valence-electron chi connectivity index (χ3n) is 4.20. The molecular formula is C22H28N2O7. The van der Waals surface area contributed by atoms with Gasteiger partial charge in [0.1, 0.15) is 12.4 Å². The summed E-state index contributed by atoms with van der Waals surface area (Å²) < 4.78 is 25.8. The topological polar surface area (TPSA) is 95.6 Å². The summed E-state index contributed by atoms with van der Waals surface area (Å²) in [5.41, 5.74) is 2.04. The second-order valence-corrected chi connectivity index (χ2v) is 6.50. The summed E-state index contributed by atoms with van der Waals surface area (Å²) in [6, 6.07) is 13.9. The van der Waals surface area contributed by atoms with Gasteiger partial charge in [-0.25, -0.2) is 9.59 Å². The van der Waals surface area contributed by atoms with Crippen molar-refractivity contribution in [2.24, 2.45) is 0 Å². The molecule has 0 spiro atoms. The Morgan fingerprint density at radius 2 is 1.74 bits per heavy atom. The fourth-order valence-corrected chi connectivity index (χ4v) is 2.64. The van der Waals surface area contributed by atoms with Crippen LogP contribution in [0.5, 0.6) is 5.75 Å². The molecule has 0 atom stereocenters. The number of methoxy groups -OCH3 is 3. The zero-order chi connectivity index (χ0) is 22.6. The molecule has 2 aromatic carbocycles. The number of amides is 2. The molecular weight excluding hydrogens is 404 g/mol. The predicted octanol–water partition coefficient (Wildman–Crippen LogP) is 3.81. The van der Waals surface area contributed by atoms with Crippen molar-refractivity contribution in [2.75, 3.05) is 51.3 Å². The van der Waals surface area contributed by atoms with E-state index in [-0.39, 0.29) is 18.9 Å². The lowest BCUT2D eigenvalue weighted by molar-refractivity contribution is -0.0943. The van der Waals surface area contributed by atoms with Gasteiger partial charge in [-0.3, -0.25) is 10.2 Å². The van der Waals surface area contributed by atoms with Crippen LogP contribution in [0.1, 0.15) is 5.56 Å². The highest BCUT2D eigenvalue weighted by atomic mass is 16.7. The summed E-state index contributed by atoms with van der Waals surface area (Å²) in [6.07, 6.45) is -1.89. The Labute approximate surface area is 181 Å². The number of benzene rings is 2. The van der Waals surface area contributed by atoms with Crippen molar-refractivity contribution in [3.63, 3.8) is 0 Å². The minimum absolute atomic E-state index is 0.124. The summed E-state index contributed by atoms with van der Waals surface area (Å²) >= 11 is 0. The van der Waals surface area contributed by atoms with Crippen molar-refractivity contribution in [3.8, 4) is 5.75 Å². The summed E-state index contributed by atoms with van der Waals surface area (Å²) in [5.74, 6) is 0.253. The lowest BCUT2D eigenvalue weighted by Crippen LogP contribution is -2.40. The number of carbonyl (C=O) groups excluding carboxylic acids is 2. The van der Waals surface area contributed by atoms with Crippen LogP contribution in [0.3, 0.4) is 0 Å². The third-order valence-corrected chi connectivity index (χ3v) is 4.20. The summed E-state index contributed by atoms with van der Waals surface area (Å²) in [7, 11) is 4.50. The predicted molar refractivity (Wildman–Crippen MR) is 116 cm³/mol. The Balaban J connectivity index is 2.12. The van der Waals surface area contributed by atoms with Crippen LogP contribution >= 0.6 is 0 Å². The first-order valence-electron chi connectivity index (χ1n) is 9.61. The average Bonchev–Trinajstić information content (AvgIpc) is 2.75. The van der Waals surface area contributed by atoms with Crippen LogP contribution in [0.4, 0.5) is 21.0 Å². The van der Waals surface area contributed by atoms with Crippen LogP contribution in [-0.2, 0) is 18.9 Å². The number of anilines is 2. The summed E-state index contributed by atoms with van der Waals surface area (Å²) in [6.45, 7) is 2.48. The van der Waals surface area contributed by atoms with Crippen molar-refractivity contribution >= 4 is 23.6 Å². The van der Waals surface area contributed by atoms with Crippen molar-refractivity contribution < 1.29 is 33.3 Å². The average molecular weight is 432 g/mol. The minimum atomic E-state index is -0.636. The molecule has 0 bridgehead atoms. The molecule has 0 radical (unpaired) electrons. The van der Waals surface area contributed by atoms with Crippen LogP contribution in [0.25, 0.3) is 0 Å². The molecule has 9 heteroatoms. The Morgan fingerprint density at radius 1 is 1.00 bits per heavy atom. The first-order chi connectivity index (χ1) is 15.0. The largest absolute Gasteiger partial charge is 0.447 e. The smallest absolute Gasteiger partial charge is 0.419 e. The highest BCUT2D eigenvalue weighted by molar-refractivity contribution is 5.90. The molecule has 0 heterocycles. The molecule has 0 unspecified atom stereocenters. The van der Waals surface area contributed by atoms with E-state index >= 15 is 0 Å². The lowest BCUT2D eigenvalue weighted by Gasteiger charge is -2.26. The van der Waals surface area contributed by atoms with Gasteiger partial charge in [0.15, 0.2) is 6.29 Å². The summed E-state index contributed by atoms with van der Waals surface area (Å²) in [4.78, 5) is 26.2. The van der Waals surface area contributed by atoms with Crippen molar-refractivity contribution in [3.05, 3.63) is 54.1 Å². The Kier molecular flexibility index (Phi) is 9.76. The number of carbonyl (C=O) groups is 2. The maximum Gasteiger partial charge on any atom is 0.419 e. The number of ether oxygens (including phenoxy) is 5. The van der Waals surface area contributed by atoms with Gasteiger partial charge in [0, 0.05) is 38.8 Å². The fraction of sp³-hybridized carbons (Fsp3) is 0.364. The van der Waals surface area contributed by atoms with Crippen LogP contribution in [0.15, 0.2) is 48.5 Å². The van der Waals surface area contributed by atoms with Gasteiger partial charge in [0.2, 0.25) is 0 Å². The molecule has 0 aliphatic rings. The van der Waals surface area contributed by atoms with Gasteiger partial charge in [-0.1, -0.05) is 18.2 Å². The van der Waals surface area contributed by atoms with Crippen LogP contribution in [-0.4, -0.2) is 59.6 Å². The van der Waals surface area contributed by atoms with Gasteiger partial charge < -0.3 is 23.7 Å². The lowest BCUT2D eigenvalue weighted by atomic mass is 10.2. The van der Waals surface area contributed by atoms with Gasteiger partial charge in [-0.05, 0) is 36.8 Å². The molecule has 2 aromatic rings. The molecule has 0 saturated heterocycles. The molecule has 9 nitrogen and oxygen atoms in total. The number of hydrogen-bond donors (Lipinski definition) is 1. The second-order valence-electron chi connectivity index (χ2n) is 6.50. The number of aryl methyl sites for hydroxylation is 1. The van der Waals surface area contributed by atoms with E-state index < -0.39 is 18.5 Å². The molecule has 1 N–H and O–H groups in total. The zero-order valence-electron chi connectivity index (χ0n) is 18.1. The Hall–Kier alpha value is -3.14. The number of rotatable bonds is 10. The van der Waals surface area contributed by atoms with Crippen LogP contribution in [0, 0.1) is 6.92 Å². The van der Waals surface area contributed by atoms with Gasteiger partial charge >= 0.3 is 12.2 Å². The molecule has 2 rings (SSSR count). The first kappa shape index (κ1) is 24.1. The van der Waals surface area contributed by atoms with Gasteiger partial charge in [-0.2, -0.15) is 0 Å². The quantitative estimate of drug-likeness (QED) is 0.450.